The molecular formula is C11H4Cl3NOS. The highest BCUT2D eigenvalue weighted by atomic mass is 35.5. The Morgan fingerprint density at radius 1 is 1.35 bits per heavy atom. The number of nitrogens with zero attached hydrogens (tertiary/aromatic N) is 1. The SMILES string of the molecule is N#CCC(=O)c1sc2cc(Cl)cc(Cl)c2c1Cl. The highest BCUT2D eigenvalue weighted by Crippen LogP contribution is 2.41. The van der Waals surface area contributed by atoms with Gasteiger partial charge in [-0.25, -0.2) is 0 Å². The summed E-state index contributed by atoms with van der Waals surface area (Å²) in [5.74, 6) is -0.300. The Labute approximate surface area is 116 Å². The Balaban J connectivity index is 2.69. The molecule has 0 aliphatic heterocycles. The number of carbonyl (C=O) groups is 1. The molecule has 0 saturated heterocycles. The number of Topliss-reactive ketones (excluding diaryl/α,β-unsaturated/α-hetero) is 1. The van der Waals surface area contributed by atoms with Gasteiger partial charge in [0.05, 0.1) is 27.4 Å². The lowest BCUT2D eigenvalue weighted by atomic mass is 10.2. The zero-order valence-corrected chi connectivity index (χ0v) is 11.3. The number of carbonyl (C=O) groups excluding carboxylic acids is 1. The van der Waals surface area contributed by atoms with Gasteiger partial charge >= 0.3 is 0 Å². The number of hydrogen-bond acceptors (Lipinski definition) is 3. The van der Waals surface area contributed by atoms with Gasteiger partial charge in [-0.2, -0.15) is 5.26 Å². The number of thiophene rings is 1. The van der Waals surface area contributed by atoms with Crippen LogP contribution < -0.4 is 0 Å². The first-order chi connectivity index (χ1) is 8.04. The molecule has 2 nitrogen and oxygen atoms in total. The molecule has 6 heteroatoms. The summed E-state index contributed by atoms with van der Waals surface area (Å²) < 4.78 is 0.744. The van der Waals surface area contributed by atoms with Crippen LogP contribution in [0.25, 0.3) is 10.1 Å². The third-order valence-corrected chi connectivity index (χ3v) is 4.33. The minimum Gasteiger partial charge on any atom is -0.292 e. The van der Waals surface area contributed by atoms with Crippen molar-refractivity contribution in [3.63, 3.8) is 0 Å². The Hall–Kier alpha value is -0.790. The smallest absolute Gasteiger partial charge is 0.188 e. The molecule has 0 aliphatic carbocycles. The van der Waals surface area contributed by atoms with E-state index in [1.807, 2.05) is 0 Å². The van der Waals surface area contributed by atoms with Gasteiger partial charge in [0.25, 0.3) is 0 Å². The van der Waals surface area contributed by atoms with Crippen molar-refractivity contribution >= 4 is 62.0 Å². The largest absolute Gasteiger partial charge is 0.292 e. The van der Waals surface area contributed by atoms with Crippen LogP contribution >= 0.6 is 46.1 Å². The summed E-state index contributed by atoms with van der Waals surface area (Å²) >= 11 is 19.2. The average Bonchev–Trinajstić information content (AvgIpc) is 2.56. The molecular weight excluding hydrogens is 301 g/mol. The van der Waals surface area contributed by atoms with Crippen molar-refractivity contribution in [1.82, 2.24) is 0 Å². The Morgan fingerprint density at radius 2 is 2.06 bits per heavy atom. The zero-order chi connectivity index (χ0) is 12.6. The topological polar surface area (TPSA) is 40.9 Å². The van der Waals surface area contributed by atoms with Crippen LogP contribution in [-0.2, 0) is 0 Å². The fourth-order valence-electron chi connectivity index (χ4n) is 1.44. The normalized spacial score (nSPS) is 10.5. The highest BCUT2D eigenvalue weighted by molar-refractivity contribution is 7.21. The van der Waals surface area contributed by atoms with Crippen molar-refractivity contribution in [2.75, 3.05) is 0 Å². The van der Waals surface area contributed by atoms with Crippen LogP contribution in [0.4, 0.5) is 0 Å². The minimum absolute atomic E-state index is 0.197. The van der Waals surface area contributed by atoms with Gasteiger partial charge in [-0.15, -0.1) is 11.3 Å². The van der Waals surface area contributed by atoms with Crippen LogP contribution in [0.3, 0.4) is 0 Å². The van der Waals surface area contributed by atoms with Crippen LogP contribution in [0.15, 0.2) is 12.1 Å². The van der Waals surface area contributed by atoms with Gasteiger partial charge in [-0.3, -0.25) is 4.79 Å². The van der Waals surface area contributed by atoms with Gasteiger partial charge in [-0.05, 0) is 12.1 Å². The molecule has 0 atom stereocenters. The van der Waals surface area contributed by atoms with Crippen LogP contribution in [0.2, 0.25) is 15.1 Å². The van der Waals surface area contributed by atoms with Crippen LogP contribution in [0.1, 0.15) is 16.1 Å². The maximum atomic E-state index is 11.7. The summed E-state index contributed by atoms with van der Waals surface area (Å²) in [6, 6.07) is 5.07. The lowest BCUT2D eigenvalue weighted by Gasteiger charge is -1.96. The van der Waals surface area contributed by atoms with E-state index >= 15 is 0 Å². The van der Waals surface area contributed by atoms with Gasteiger partial charge in [-0.1, -0.05) is 34.8 Å². The number of hydrogen-bond donors (Lipinski definition) is 0. The second-order valence-electron chi connectivity index (χ2n) is 3.26. The molecule has 0 N–H and O–H groups in total. The van der Waals surface area contributed by atoms with Gasteiger partial charge in [0.2, 0.25) is 0 Å². The molecule has 0 aliphatic rings. The van der Waals surface area contributed by atoms with Gasteiger partial charge in [0, 0.05) is 15.1 Å². The van der Waals surface area contributed by atoms with E-state index < -0.39 is 0 Å². The summed E-state index contributed by atoms with van der Waals surface area (Å²) in [4.78, 5) is 12.0. The Morgan fingerprint density at radius 3 is 2.71 bits per heavy atom. The molecule has 0 bridgehead atoms. The molecule has 1 aromatic heterocycles. The molecule has 86 valence electrons. The molecule has 0 saturated carbocycles. The van der Waals surface area contributed by atoms with Crippen LogP contribution in [-0.4, -0.2) is 5.78 Å². The second-order valence-corrected chi connectivity index (χ2v) is 5.54. The summed E-state index contributed by atoms with van der Waals surface area (Å²) in [7, 11) is 0. The summed E-state index contributed by atoms with van der Waals surface area (Å²) in [5, 5.41) is 10.3. The highest BCUT2D eigenvalue weighted by Gasteiger charge is 2.19. The lowest BCUT2D eigenvalue weighted by Crippen LogP contribution is -1.93. The van der Waals surface area contributed by atoms with E-state index in [-0.39, 0.29) is 12.2 Å². The number of fused-ring (bicyclic) bond motifs is 1. The van der Waals surface area contributed by atoms with Crippen molar-refractivity contribution < 1.29 is 4.79 Å². The second kappa shape index (κ2) is 4.83. The first kappa shape index (κ1) is 12.7. The summed E-state index contributed by atoms with van der Waals surface area (Å²) in [5.41, 5.74) is 0. The number of nitriles is 1. The zero-order valence-electron chi connectivity index (χ0n) is 8.26. The van der Waals surface area contributed by atoms with E-state index in [9.17, 15) is 4.79 Å². The maximum absolute atomic E-state index is 11.7. The van der Waals surface area contributed by atoms with Gasteiger partial charge in [0.15, 0.2) is 5.78 Å². The molecule has 1 aromatic carbocycles. The molecule has 1 heterocycles. The summed E-state index contributed by atoms with van der Waals surface area (Å²) in [6.45, 7) is 0. The number of benzene rings is 1. The lowest BCUT2D eigenvalue weighted by molar-refractivity contribution is 0.100. The third kappa shape index (κ3) is 2.27. The molecule has 0 fully saturated rings. The molecule has 17 heavy (non-hydrogen) atoms. The molecule has 0 radical (unpaired) electrons. The maximum Gasteiger partial charge on any atom is 0.188 e. The van der Waals surface area contributed by atoms with Gasteiger partial charge < -0.3 is 0 Å². The number of rotatable bonds is 2. The average molecular weight is 305 g/mol. The molecule has 0 spiro atoms. The molecule has 2 rings (SSSR count). The van der Waals surface area contributed by atoms with Crippen molar-refractivity contribution in [3.8, 4) is 6.07 Å². The van der Waals surface area contributed by atoms with Gasteiger partial charge in [0.1, 0.15) is 0 Å². The molecule has 2 aromatic rings. The predicted molar refractivity (Wildman–Crippen MR) is 71.4 cm³/mol. The number of halogens is 3. The fraction of sp³-hybridized carbons (Fsp3) is 0.0909. The van der Waals surface area contributed by atoms with E-state index in [4.69, 9.17) is 40.1 Å². The monoisotopic (exact) mass is 303 g/mol. The first-order valence-corrected chi connectivity index (χ1v) is 6.47. The van der Waals surface area contributed by atoms with E-state index in [1.54, 1.807) is 18.2 Å². The van der Waals surface area contributed by atoms with Crippen LogP contribution in [0, 0.1) is 11.3 Å². The van der Waals surface area contributed by atoms with E-state index in [2.05, 4.69) is 0 Å². The van der Waals surface area contributed by atoms with Crippen molar-refractivity contribution in [3.05, 3.63) is 32.1 Å². The third-order valence-electron chi connectivity index (χ3n) is 2.14. The Kier molecular flexibility index (Phi) is 3.60. The quantitative estimate of drug-likeness (QED) is 0.736. The van der Waals surface area contributed by atoms with E-state index in [0.717, 1.165) is 4.70 Å². The minimum atomic E-state index is -0.300. The Bertz CT molecular complexity index is 657. The van der Waals surface area contributed by atoms with Crippen molar-refractivity contribution in [1.29, 1.82) is 5.26 Å². The molecule has 0 unspecified atom stereocenters. The van der Waals surface area contributed by atoms with Crippen molar-refractivity contribution in [2.24, 2.45) is 0 Å². The molecule has 0 amide bonds. The van der Waals surface area contributed by atoms with E-state index in [0.29, 0.717) is 25.3 Å². The predicted octanol–water partition coefficient (Wildman–Crippen LogP) is 4.96. The first-order valence-electron chi connectivity index (χ1n) is 4.51. The number of ketones is 1. The fourth-order valence-corrected chi connectivity index (χ4v) is 3.78. The standard InChI is InChI=1S/C11H4Cl3NOS/c12-5-3-6(13)9-8(4-5)17-11(10(9)14)7(16)1-2-15/h3-4H,1H2. The van der Waals surface area contributed by atoms with Crippen molar-refractivity contribution in [2.45, 2.75) is 6.42 Å². The van der Waals surface area contributed by atoms with E-state index in [1.165, 1.54) is 11.3 Å². The van der Waals surface area contributed by atoms with Crippen LogP contribution in [0.5, 0.6) is 0 Å². The summed E-state index contributed by atoms with van der Waals surface area (Å²) in [6.07, 6.45) is -0.197.